The highest BCUT2D eigenvalue weighted by Crippen LogP contribution is 2.52. The number of ether oxygens (including phenoxy) is 2. The summed E-state index contributed by atoms with van der Waals surface area (Å²) in [5.74, 6) is 0.384. The first-order chi connectivity index (χ1) is 16.5. The molecule has 5 atom stereocenters. The van der Waals surface area contributed by atoms with Crippen molar-refractivity contribution in [1.82, 2.24) is 9.80 Å². The van der Waals surface area contributed by atoms with E-state index in [0.717, 1.165) is 22.4 Å². The van der Waals surface area contributed by atoms with Gasteiger partial charge in [0.25, 0.3) is 0 Å². The van der Waals surface area contributed by atoms with Gasteiger partial charge in [-0.3, -0.25) is 19.3 Å². The van der Waals surface area contributed by atoms with Gasteiger partial charge in [-0.15, -0.1) is 11.3 Å². The molecule has 5 unspecified atom stereocenters. The van der Waals surface area contributed by atoms with Gasteiger partial charge in [-0.25, -0.2) is 0 Å². The molecule has 8 heteroatoms. The molecule has 3 heterocycles. The molecule has 0 radical (unpaired) electrons. The smallest absolute Gasteiger partial charge is 0.243 e. The Morgan fingerprint density at radius 3 is 2.35 bits per heavy atom. The molecule has 2 aliphatic carbocycles. The molecule has 2 fully saturated rings. The van der Waals surface area contributed by atoms with E-state index in [1.54, 1.807) is 25.6 Å². The number of amides is 3. The maximum Gasteiger partial charge on any atom is 0.243 e. The van der Waals surface area contributed by atoms with Crippen LogP contribution in [-0.4, -0.2) is 54.8 Å². The van der Waals surface area contributed by atoms with Crippen LogP contribution in [0.4, 0.5) is 0 Å². The number of carbonyl (C=O) groups is 3. The lowest BCUT2D eigenvalue weighted by Crippen LogP contribution is -2.47. The lowest BCUT2D eigenvalue weighted by atomic mass is 9.85. The monoisotopic (exact) mass is 478 g/mol. The lowest BCUT2D eigenvalue weighted by molar-refractivity contribution is -0.148. The Bertz CT molecular complexity index is 1180. The molecule has 3 amide bonds. The number of methoxy groups -OCH3 is 2. The highest BCUT2D eigenvalue weighted by Gasteiger charge is 2.59. The Morgan fingerprint density at radius 2 is 1.74 bits per heavy atom. The van der Waals surface area contributed by atoms with Crippen LogP contribution < -0.4 is 9.47 Å². The molecule has 1 aromatic carbocycles. The Labute approximate surface area is 201 Å². The van der Waals surface area contributed by atoms with Crippen molar-refractivity contribution in [1.29, 1.82) is 0 Å². The van der Waals surface area contributed by atoms with Crippen LogP contribution in [0.5, 0.6) is 11.5 Å². The highest BCUT2D eigenvalue weighted by atomic mass is 32.1. The SMILES string of the molecule is COc1cc2c(cc1OC)C(c1cccs1)N(C(=O)CN1C(=O)C3C4C=CC(C4)C3C1=O)CC2. The molecule has 176 valence electrons. The summed E-state index contributed by atoms with van der Waals surface area (Å²) >= 11 is 1.58. The van der Waals surface area contributed by atoms with Gasteiger partial charge in [0.05, 0.1) is 32.1 Å². The molecule has 1 aromatic heterocycles. The fraction of sp³-hybridized carbons (Fsp3) is 0.423. The van der Waals surface area contributed by atoms with Gasteiger partial charge >= 0.3 is 0 Å². The summed E-state index contributed by atoms with van der Waals surface area (Å²) in [7, 11) is 3.21. The average molecular weight is 479 g/mol. The third kappa shape index (κ3) is 3.04. The Kier molecular flexibility index (Phi) is 5.02. The zero-order valence-electron chi connectivity index (χ0n) is 19.1. The number of hydrogen-bond acceptors (Lipinski definition) is 6. The summed E-state index contributed by atoms with van der Waals surface area (Å²) in [5, 5.41) is 1.99. The molecule has 7 nitrogen and oxygen atoms in total. The number of nitrogens with zero attached hydrogens (tertiary/aromatic N) is 2. The van der Waals surface area contributed by atoms with Crippen LogP contribution in [0.25, 0.3) is 0 Å². The summed E-state index contributed by atoms with van der Waals surface area (Å²) in [6, 6.07) is 7.60. The molecule has 2 aromatic rings. The number of thiophene rings is 1. The van der Waals surface area contributed by atoms with E-state index in [9.17, 15) is 14.4 Å². The number of hydrogen-bond donors (Lipinski definition) is 0. The summed E-state index contributed by atoms with van der Waals surface area (Å²) in [5.41, 5.74) is 2.09. The van der Waals surface area contributed by atoms with E-state index < -0.39 is 0 Å². The molecule has 6 rings (SSSR count). The van der Waals surface area contributed by atoms with E-state index in [1.165, 1.54) is 4.90 Å². The molecule has 1 saturated carbocycles. The second kappa shape index (κ2) is 7.98. The fourth-order valence-corrected chi connectivity index (χ4v) is 7.17. The van der Waals surface area contributed by atoms with Crippen LogP contribution in [0.3, 0.4) is 0 Å². The van der Waals surface area contributed by atoms with Gasteiger partial charge in [0.2, 0.25) is 17.7 Å². The predicted octanol–water partition coefficient (Wildman–Crippen LogP) is 3.05. The van der Waals surface area contributed by atoms with Crippen LogP contribution in [0.2, 0.25) is 0 Å². The van der Waals surface area contributed by atoms with Crippen LogP contribution >= 0.6 is 11.3 Å². The molecular weight excluding hydrogens is 452 g/mol. The van der Waals surface area contributed by atoms with Crippen LogP contribution in [0.15, 0.2) is 41.8 Å². The number of likely N-dealkylation sites (tertiary alicyclic amines) is 1. The van der Waals surface area contributed by atoms with Crippen molar-refractivity contribution in [2.45, 2.75) is 18.9 Å². The summed E-state index contributed by atoms with van der Waals surface area (Å²) in [6.07, 6.45) is 5.67. The second-order valence-electron chi connectivity index (χ2n) is 9.42. The van der Waals surface area contributed by atoms with Gasteiger partial charge in [0.1, 0.15) is 6.54 Å². The highest BCUT2D eigenvalue weighted by molar-refractivity contribution is 7.10. The quantitative estimate of drug-likeness (QED) is 0.488. The Balaban J connectivity index is 1.31. The van der Waals surface area contributed by atoms with Crippen LogP contribution in [-0.2, 0) is 20.8 Å². The molecule has 0 spiro atoms. The first-order valence-corrected chi connectivity index (χ1v) is 12.5. The van der Waals surface area contributed by atoms with Crippen LogP contribution in [0, 0.1) is 23.7 Å². The van der Waals surface area contributed by atoms with Gasteiger partial charge in [0.15, 0.2) is 11.5 Å². The zero-order chi connectivity index (χ0) is 23.6. The number of carbonyl (C=O) groups excluding carboxylic acids is 3. The Morgan fingerprint density at radius 1 is 1.06 bits per heavy atom. The van der Waals surface area contributed by atoms with E-state index in [2.05, 4.69) is 12.2 Å². The first-order valence-electron chi connectivity index (χ1n) is 11.6. The van der Waals surface area contributed by atoms with Crippen molar-refractivity contribution in [3.8, 4) is 11.5 Å². The van der Waals surface area contributed by atoms with E-state index in [4.69, 9.17) is 9.47 Å². The third-order valence-corrected chi connectivity index (χ3v) is 8.79. The minimum Gasteiger partial charge on any atom is -0.493 e. The minimum absolute atomic E-state index is 0.134. The zero-order valence-corrected chi connectivity index (χ0v) is 19.9. The molecule has 34 heavy (non-hydrogen) atoms. The van der Waals surface area contributed by atoms with E-state index in [1.807, 2.05) is 34.5 Å². The third-order valence-electron chi connectivity index (χ3n) is 7.86. The normalized spacial score (nSPS) is 28.9. The van der Waals surface area contributed by atoms with Crippen molar-refractivity contribution in [2.75, 3.05) is 27.3 Å². The van der Waals surface area contributed by atoms with E-state index in [0.29, 0.717) is 24.5 Å². The average Bonchev–Trinajstić information content (AvgIpc) is 3.65. The number of allylic oxidation sites excluding steroid dienone is 2. The molecule has 2 bridgehead atoms. The van der Waals surface area contributed by atoms with Crippen molar-refractivity contribution in [2.24, 2.45) is 23.7 Å². The number of rotatable bonds is 5. The summed E-state index contributed by atoms with van der Waals surface area (Å²) < 4.78 is 11.0. The van der Waals surface area contributed by atoms with Crippen molar-refractivity contribution in [3.05, 3.63) is 57.8 Å². The minimum atomic E-state index is -0.304. The largest absolute Gasteiger partial charge is 0.493 e. The molecule has 2 aliphatic heterocycles. The van der Waals surface area contributed by atoms with Crippen molar-refractivity contribution < 1.29 is 23.9 Å². The maximum atomic E-state index is 13.6. The molecule has 0 N–H and O–H groups in total. The van der Waals surface area contributed by atoms with Crippen molar-refractivity contribution >= 4 is 29.1 Å². The number of fused-ring (bicyclic) bond motifs is 6. The van der Waals surface area contributed by atoms with E-state index >= 15 is 0 Å². The molecule has 4 aliphatic rings. The van der Waals surface area contributed by atoms with Gasteiger partial charge in [-0.2, -0.15) is 0 Å². The van der Waals surface area contributed by atoms with Crippen LogP contribution in [0.1, 0.15) is 28.5 Å². The lowest BCUT2D eigenvalue weighted by Gasteiger charge is -2.38. The predicted molar refractivity (Wildman–Crippen MR) is 126 cm³/mol. The van der Waals surface area contributed by atoms with Crippen molar-refractivity contribution in [3.63, 3.8) is 0 Å². The van der Waals surface area contributed by atoms with Gasteiger partial charge < -0.3 is 14.4 Å². The number of benzene rings is 1. The first kappa shape index (κ1) is 21.4. The van der Waals surface area contributed by atoms with E-state index in [-0.39, 0.29) is 54.0 Å². The second-order valence-corrected chi connectivity index (χ2v) is 10.4. The maximum absolute atomic E-state index is 13.6. The van der Waals surface area contributed by atoms with Gasteiger partial charge in [-0.05, 0) is 59.4 Å². The fourth-order valence-electron chi connectivity index (χ4n) is 6.31. The summed E-state index contributed by atoms with van der Waals surface area (Å²) in [4.78, 5) is 44.0. The molecular formula is C26H26N2O5S. The number of imide groups is 1. The van der Waals surface area contributed by atoms with Gasteiger partial charge in [-0.1, -0.05) is 18.2 Å². The topological polar surface area (TPSA) is 76.2 Å². The summed E-state index contributed by atoms with van der Waals surface area (Å²) in [6.45, 7) is 0.300. The van der Waals surface area contributed by atoms with Gasteiger partial charge in [0, 0.05) is 11.4 Å². The Hall–Kier alpha value is -3.13. The standard InChI is InChI=1S/C26H26N2O5S/c1-32-18-11-14-7-8-27(24(20-4-3-9-34-20)17(14)12-19(18)33-2)21(29)13-28-25(30)22-15-5-6-16(10-15)23(22)26(28)31/h3-6,9,11-12,15-16,22-24H,7-8,10,13H2,1-2H3. The molecule has 1 saturated heterocycles.